The minimum absolute atomic E-state index is 0.0119. The molecule has 126 valence electrons. The first-order valence-corrected chi connectivity index (χ1v) is 8.33. The van der Waals surface area contributed by atoms with Crippen molar-refractivity contribution in [1.29, 1.82) is 0 Å². The summed E-state index contributed by atoms with van der Waals surface area (Å²) in [5.74, 6) is 2.06. The zero-order valence-corrected chi connectivity index (χ0v) is 14.4. The van der Waals surface area contributed by atoms with Crippen LogP contribution in [0, 0.1) is 6.92 Å². The van der Waals surface area contributed by atoms with Crippen LogP contribution in [-0.2, 0) is 0 Å². The van der Waals surface area contributed by atoms with E-state index in [0.717, 1.165) is 24.0 Å². The Balaban J connectivity index is 0.000000753. The zero-order chi connectivity index (χ0) is 16.8. The van der Waals surface area contributed by atoms with E-state index in [-0.39, 0.29) is 12.1 Å². The number of aliphatic hydroxyl groups is 1. The number of aromatic amines is 1. The normalized spacial score (nSPS) is 29.2. The maximum absolute atomic E-state index is 10.5. The molecular formula is C16H25N5O2. The number of piperidine rings is 1. The number of hydrogen-bond donors (Lipinski definition) is 2. The lowest BCUT2D eigenvalue weighted by molar-refractivity contribution is 0.0242. The molecule has 0 aliphatic carbocycles. The van der Waals surface area contributed by atoms with Crippen molar-refractivity contribution in [3.8, 4) is 5.88 Å². The molecule has 7 nitrogen and oxygen atoms in total. The second-order valence-electron chi connectivity index (χ2n) is 6.40. The van der Waals surface area contributed by atoms with Gasteiger partial charge in [-0.05, 0) is 33.6 Å². The van der Waals surface area contributed by atoms with Crippen molar-refractivity contribution in [1.82, 2.24) is 20.2 Å². The molecule has 1 fully saturated rings. The molecule has 2 aromatic heterocycles. The summed E-state index contributed by atoms with van der Waals surface area (Å²) in [6, 6.07) is 0.192. The number of nitrogens with zero attached hydrogens (tertiary/aromatic N) is 4. The van der Waals surface area contributed by atoms with E-state index in [0.29, 0.717) is 23.9 Å². The van der Waals surface area contributed by atoms with Crippen LogP contribution in [0.4, 0.5) is 5.82 Å². The van der Waals surface area contributed by atoms with Gasteiger partial charge in [0.2, 0.25) is 5.88 Å². The molecular weight excluding hydrogens is 294 g/mol. The molecule has 2 aromatic rings. The molecule has 2 aliphatic rings. The Morgan fingerprint density at radius 2 is 2.09 bits per heavy atom. The summed E-state index contributed by atoms with van der Waals surface area (Å²) in [5, 5.41) is 18.4. The van der Waals surface area contributed by atoms with Gasteiger partial charge in [0.15, 0.2) is 5.65 Å². The SMILES string of the molecule is CC.Cc1nc2c3c(n[nH]c3n1)OC(C)C1CC[C@](C)(O)CN21. The van der Waals surface area contributed by atoms with Crippen LogP contribution < -0.4 is 9.64 Å². The summed E-state index contributed by atoms with van der Waals surface area (Å²) >= 11 is 0. The van der Waals surface area contributed by atoms with Crippen molar-refractivity contribution in [2.75, 3.05) is 11.4 Å². The summed E-state index contributed by atoms with van der Waals surface area (Å²) in [5.41, 5.74) is -0.0270. The third kappa shape index (κ3) is 2.63. The van der Waals surface area contributed by atoms with Crippen molar-refractivity contribution >= 4 is 16.9 Å². The van der Waals surface area contributed by atoms with E-state index in [4.69, 9.17) is 4.74 Å². The standard InChI is InChI=1S/C14H19N5O2.C2H6/c1-7-9-4-5-14(3,20)6-19(9)12-10-11(15-8(2)16-12)17-18-13(10)21-7;1-2/h7,9,20H,4-6H2,1-3H3,(H,15,16,17,18);1-2H3/t7?,9?,14-;/m0./s1. The van der Waals surface area contributed by atoms with Gasteiger partial charge in [-0.3, -0.25) is 5.10 Å². The Morgan fingerprint density at radius 3 is 2.83 bits per heavy atom. The van der Waals surface area contributed by atoms with Gasteiger partial charge in [-0.1, -0.05) is 13.8 Å². The predicted molar refractivity (Wildman–Crippen MR) is 88.9 cm³/mol. The number of rotatable bonds is 0. The molecule has 3 atom stereocenters. The lowest BCUT2D eigenvalue weighted by atomic mass is 9.88. The number of fused-ring (bicyclic) bond motifs is 2. The number of hydrogen-bond acceptors (Lipinski definition) is 6. The van der Waals surface area contributed by atoms with Crippen molar-refractivity contribution < 1.29 is 9.84 Å². The van der Waals surface area contributed by atoms with E-state index < -0.39 is 5.60 Å². The van der Waals surface area contributed by atoms with Gasteiger partial charge in [0.25, 0.3) is 0 Å². The fourth-order valence-electron chi connectivity index (χ4n) is 3.44. The Morgan fingerprint density at radius 1 is 1.35 bits per heavy atom. The van der Waals surface area contributed by atoms with Crippen LogP contribution in [-0.4, -0.2) is 49.6 Å². The average Bonchev–Trinajstić information content (AvgIpc) is 2.85. The molecule has 2 N–H and O–H groups in total. The zero-order valence-electron chi connectivity index (χ0n) is 14.4. The van der Waals surface area contributed by atoms with Crippen LogP contribution in [0.1, 0.15) is 46.4 Å². The molecule has 2 aliphatic heterocycles. The molecule has 0 saturated carbocycles. The molecule has 7 heteroatoms. The third-order valence-electron chi connectivity index (χ3n) is 4.48. The Labute approximate surface area is 136 Å². The molecule has 0 aromatic carbocycles. The summed E-state index contributed by atoms with van der Waals surface area (Å²) in [7, 11) is 0. The van der Waals surface area contributed by atoms with Crippen LogP contribution in [0.5, 0.6) is 5.88 Å². The average molecular weight is 319 g/mol. The molecule has 4 heterocycles. The summed E-state index contributed by atoms with van der Waals surface area (Å²) in [6.45, 7) is 10.3. The minimum Gasteiger partial charge on any atom is -0.471 e. The number of anilines is 1. The van der Waals surface area contributed by atoms with Gasteiger partial charge in [-0.25, -0.2) is 9.97 Å². The number of ether oxygens (including phenoxy) is 1. The molecule has 2 unspecified atom stereocenters. The summed E-state index contributed by atoms with van der Waals surface area (Å²) < 4.78 is 6.00. The third-order valence-corrected chi connectivity index (χ3v) is 4.48. The van der Waals surface area contributed by atoms with Gasteiger partial charge in [-0.2, -0.15) is 0 Å². The van der Waals surface area contributed by atoms with E-state index in [2.05, 4.69) is 25.1 Å². The highest BCUT2D eigenvalue weighted by Gasteiger charge is 2.42. The van der Waals surface area contributed by atoms with Gasteiger partial charge in [0.05, 0.1) is 11.6 Å². The first-order chi connectivity index (χ1) is 10.9. The summed E-state index contributed by atoms with van der Waals surface area (Å²) in [6.07, 6.45) is 1.62. The minimum atomic E-state index is -0.713. The molecule has 1 saturated heterocycles. The van der Waals surface area contributed by atoms with E-state index in [1.54, 1.807) is 0 Å². The van der Waals surface area contributed by atoms with Gasteiger partial charge in [0.1, 0.15) is 23.1 Å². The highest BCUT2D eigenvalue weighted by Crippen LogP contribution is 2.40. The van der Waals surface area contributed by atoms with E-state index in [9.17, 15) is 5.11 Å². The number of H-pyrrole nitrogens is 1. The maximum atomic E-state index is 10.5. The number of aromatic nitrogens is 4. The fourth-order valence-corrected chi connectivity index (χ4v) is 3.44. The molecule has 0 spiro atoms. The highest BCUT2D eigenvalue weighted by molar-refractivity contribution is 5.92. The Kier molecular flexibility index (Phi) is 3.91. The largest absolute Gasteiger partial charge is 0.471 e. The Hall–Kier alpha value is -1.89. The smallest absolute Gasteiger partial charge is 0.246 e. The lowest BCUT2D eigenvalue weighted by Crippen LogP contribution is -2.55. The molecule has 0 radical (unpaired) electrons. The van der Waals surface area contributed by atoms with Crippen LogP contribution in [0.2, 0.25) is 0 Å². The Bertz CT molecular complexity index is 712. The van der Waals surface area contributed by atoms with Gasteiger partial charge >= 0.3 is 0 Å². The van der Waals surface area contributed by atoms with Crippen LogP contribution in [0.25, 0.3) is 11.0 Å². The molecule has 0 bridgehead atoms. The molecule has 4 rings (SSSR count). The highest BCUT2D eigenvalue weighted by atomic mass is 16.5. The van der Waals surface area contributed by atoms with Crippen molar-refractivity contribution in [2.45, 2.75) is 65.2 Å². The first kappa shape index (κ1) is 16.0. The topological polar surface area (TPSA) is 87.2 Å². The van der Waals surface area contributed by atoms with Gasteiger partial charge in [0, 0.05) is 6.54 Å². The second kappa shape index (κ2) is 5.63. The second-order valence-corrected chi connectivity index (χ2v) is 6.40. The number of nitrogens with one attached hydrogen (secondary N) is 1. The van der Waals surface area contributed by atoms with Crippen LogP contribution >= 0.6 is 0 Å². The lowest BCUT2D eigenvalue weighted by Gasteiger charge is -2.44. The monoisotopic (exact) mass is 319 g/mol. The van der Waals surface area contributed by atoms with E-state index in [1.807, 2.05) is 34.6 Å². The van der Waals surface area contributed by atoms with Gasteiger partial charge in [-0.15, -0.1) is 5.10 Å². The first-order valence-electron chi connectivity index (χ1n) is 8.33. The van der Waals surface area contributed by atoms with E-state index >= 15 is 0 Å². The number of aryl methyl sites for hydroxylation is 1. The van der Waals surface area contributed by atoms with Crippen molar-refractivity contribution in [3.05, 3.63) is 5.82 Å². The molecule has 23 heavy (non-hydrogen) atoms. The fraction of sp³-hybridized carbons (Fsp3) is 0.688. The maximum Gasteiger partial charge on any atom is 0.246 e. The quantitative estimate of drug-likeness (QED) is 0.774. The summed E-state index contributed by atoms with van der Waals surface area (Å²) in [4.78, 5) is 11.2. The predicted octanol–water partition coefficient (Wildman–Crippen LogP) is 2.19. The van der Waals surface area contributed by atoms with Crippen LogP contribution in [0.15, 0.2) is 0 Å². The van der Waals surface area contributed by atoms with Crippen LogP contribution in [0.3, 0.4) is 0 Å². The van der Waals surface area contributed by atoms with Gasteiger partial charge < -0.3 is 14.7 Å². The van der Waals surface area contributed by atoms with Crippen molar-refractivity contribution in [2.24, 2.45) is 0 Å². The molecule has 0 amide bonds. The van der Waals surface area contributed by atoms with Crippen molar-refractivity contribution in [3.63, 3.8) is 0 Å². The van der Waals surface area contributed by atoms with E-state index in [1.165, 1.54) is 0 Å².